The normalized spacial score (nSPS) is 22.8. The van der Waals surface area contributed by atoms with Crippen molar-refractivity contribution < 1.29 is 33.6 Å². The van der Waals surface area contributed by atoms with Gasteiger partial charge >= 0.3 is 0 Å². The van der Waals surface area contributed by atoms with E-state index in [-0.39, 0.29) is 18.0 Å². The zero-order valence-corrected chi connectivity index (χ0v) is 34.0. The Labute approximate surface area is 355 Å². The van der Waals surface area contributed by atoms with E-state index in [4.69, 9.17) is 30.5 Å². The first kappa shape index (κ1) is 41.3. The van der Waals surface area contributed by atoms with Crippen LogP contribution in [0.25, 0.3) is 0 Å². The molecule has 0 aliphatic heterocycles. The highest BCUT2D eigenvalue weighted by molar-refractivity contribution is 6.31. The van der Waals surface area contributed by atoms with Crippen LogP contribution in [0.15, 0.2) is 152 Å². The van der Waals surface area contributed by atoms with Crippen molar-refractivity contribution in [2.24, 2.45) is 0 Å². The maximum atomic E-state index is 14.0. The van der Waals surface area contributed by atoms with Crippen LogP contribution in [0.4, 0.5) is 4.39 Å². The number of hydrogen-bond acceptors (Lipinski definition) is 8. The number of aliphatic hydroxyl groups is 2. The van der Waals surface area contributed by atoms with Crippen molar-refractivity contribution in [3.63, 3.8) is 0 Å². The zero-order valence-electron chi connectivity index (χ0n) is 33.2. The fourth-order valence-corrected chi connectivity index (χ4v) is 8.52. The average Bonchev–Trinajstić information content (AvgIpc) is 3.27. The molecule has 0 bridgehead atoms. The Morgan fingerprint density at radius 1 is 0.550 bits per heavy atom. The lowest BCUT2D eigenvalue weighted by atomic mass is 9.78. The Hall–Kier alpha value is -5.42. The molecule has 0 amide bonds. The Morgan fingerprint density at radius 3 is 1.73 bits per heavy atom. The van der Waals surface area contributed by atoms with Crippen molar-refractivity contribution in [1.29, 1.82) is 0 Å². The molecule has 6 aromatic rings. The highest BCUT2D eigenvalue weighted by Crippen LogP contribution is 2.43. The summed E-state index contributed by atoms with van der Waals surface area (Å²) in [5.41, 5.74) is 3.11. The molecule has 0 heterocycles. The van der Waals surface area contributed by atoms with E-state index < -0.39 is 30.2 Å². The van der Waals surface area contributed by atoms with Gasteiger partial charge in [-0.25, -0.2) is 4.39 Å². The summed E-state index contributed by atoms with van der Waals surface area (Å²) in [6.45, 7) is 1.22. The first-order valence-corrected chi connectivity index (χ1v) is 21.1. The van der Waals surface area contributed by atoms with Crippen LogP contribution in [-0.2, 0) is 13.1 Å². The second-order valence-electron chi connectivity index (χ2n) is 15.6. The van der Waals surface area contributed by atoms with Crippen molar-refractivity contribution in [3.8, 4) is 34.5 Å². The van der Waals surface area contributed by atoms with Crippen LogP contribution < -0.4 is 29.6 Å². The van der Waals surface area contributed by atoms with Gasteiger partial charge < -0.3 is 39.8 Å². The molecule has 0 aromatic heterocycles. The van der Waals surface area contributed by atoms with Gasteiger partial charge in [0, 0.05) is 36.3 Å². The minimum atomic E-state index is -0.877. The highest BCUT2D eigenvalue weighted by Gasteiger charge is 2.40. The van der Waals surface area contributed by atoms with Crippen LogP contribution in [0.3, 0.4) is 0 Å². The number of para-hydroxylation sites is 4. The molecule has 6 aromatic carbocycles. The summed E-state index contributed by atoms with van der Waals surface area (Å²) in [7, 11) is 0. The summed E-state index contributed by atoms with van der Waals surface area (Å²) >= 11 is 6.99. The molecule has 2 saturated carbocycles. The van der Waals surface area contributed by atoms with Crippen LogP contribution in [-0.4, -0.2) is 46.7 Å². The molecule has 0 spiro atoms. The molecule has 2 aliphatic carbocycles. The Balaban J connectivity index is 1.00. The molecule has 0 saturated heterocycles. The molecule has 4 N–H and O–H groups in total. The number of hydrogen-bond donors (Lipinski definition) is 4. The van der Waals surface area contributed by atoms with Gasteiger partial charge in [0.15, 0.2) is 23.0 Å². The summed E-state index contributed by atoms with van der Waals surface area (Å²) in [5, 5.41) is 31.0. The highest BCUT2D eigenvalue weighted by atomic mass is 35.5. The van der Waals surface area contributed by atoms with Crippen molar-refractivity contribution in [2.75, 3.05) is 0 Å². The van der Waals surface area contributed by atoms with Crippen molar-refractivity contribution >= 4 is 11.6 Å². The smallest absolute Gasteiger partial charge is 0.169 e. The van der Waals surface area contributed by atoms with E-state index in [0.29, 0.717) is 65.5 Å². The second-order valence-corrected chi connectivity index (χ2v) is 16.0. The lowest BCUT2D eigenvalue weighted by Crippen LogP contribution is -2.52. The number of benzene rings is 6. The second kappa shape index (κ2) is 19.8. The van der Waals surface area contributed by atoms with Crippen LogP contribution >= 0.6 is 11.6 Å². The summed E-state index contributed by atoms with van der Waals surface area (Å²) in [6, 6.07) is 46.0. The number of rotatable bonds is 15. The van der Waals surface area contributed by atoms with E-state index in [1.54, 1.807) is 24.3 Å². The Bertz CT molecular complexity index is 2300. The summed E-state index contributed by atoms with van der Waals surface area (Å²) < 4.78 is 39.8. The lowest BCUT2D eigenvalue weighted by Gasteiger charge is -2.40. The third-order valence-corrected chi connectivity index (χ3v) is 11.7. The topological polar surface area (TPSA) is 101 Å². The van der Waals surface area contributed by atoms with Crippen LogP contribution in [0.2, 0.25) is 5.02 Å². The minimum Gasteiger partial charge on any atom is -0.484 e. The van der Waals surface area contributed by atoms with E-state index in [1.807, 2.05) is 103 Å². The quantitative estimate of drug-likeness (QED) is 0.0812. The van der Waals surface area contributed by atoms with Gasteiger partial charge in [0.25, 0.3) is 0 Å². The van der Waals surface area contributed by atoms with Gasteiger partial charge in [0.1, 0.15) is 41.7 Å². The molecule has 2 aliphatic rings. The number of ether oxygens (including phenoxy) is 4. The van der Waals surface area contributed by atoms with Crippen molar-refractivity contribution in [3.05, 3.63) is 179 Å². The number of nitrogens with one attached hydrogen (secondary N) is 2. The van der Waals surface area contributed by atoms with Gasteiger partial charge in [-0.05, 0) is 109 Å². The third-order valence-electron chi connectivity index (χ3n) is 11.4. The fourth-order valence-electron chi connectivity index (χ4n) is 8.25. The number of halogens is 2. The lowest BCUT2D eigenvalue weighted by molar-refractivity contribution is -0.0230. The summed E-state index contributed by atoms with van der Waals surface area (Å²) in [4.78, 5) is 0. The van der Waals surface area contributed by atoms with Gasteiger partial charge in [0.2, 0.25) is 0 Å². The molecule has 7 atom stereocenters. The molecule has 8 rings (SSSR count). The van der Waals surface area contributed by atoms with Gasteiger partial charge in [-0.2, -0.15) is 0 Å². The molecule has 60 heavy (non-hydrogen) atoms. The largest absolute Gasteiger partial charge is 0.484 e. The SMILES string of the molecule is O[C@@H]1[C@H](NCc2ccccc2)CCC[C@H]1Oc1ccccc1Oc1ccc(Cl)c(C2C[C@@H](NCc3ccccc3)[C@@H](O)[C@H](Oc3ccccc3Oc3cccc(F)c3)C2)c1. The molecule has 1 unspecified atom stereocenters. The monoisotopic (exact) mass is 828 g/mol. The van der Waals surface area contributed by atoms with E-state index in [9.17, 15) is 14.6 Å². The average molecular weight is 829 g/mol. The standard InChI is InChI=1S/C50H50ClFN2O6/c51-40-26-25-38(58-43-20-7-9-22-45(43)59-47-24-12-19-41(49(47)55)53-31-33-13-3-1-4-14-33)30-39(40)35-27-42(54-32-34-15-5-2-6-16-34)50(56)48(28-35)60-46-23-10-8-21-44(46)57-37-18-11-17-36(52)29-37/h1-11,13-18,20-23,25-26,29-30,35,41-42,47-50,53-56H,12,19,24,27-28,31-32H2/t35?,41-,42-,47-,48-,49-,50-/m1/s1. The first-order valence-electron chi connectivity index (χ1n) is 20.7. The fraction of sp³-hybridized carbons (Fsp3) is 0.280. The molecule has 10 heteroatoms. The van der Waals surface area contributed by atoms with Crippen LogP contribution in [0.5, 0.6) is 34.5 Å². The van der Waals surface area contributed by atoms with E-state index in [2.05, 4.69) is 22.8 Å². The van der Waals surface area contributed by atoms with Crippen LogP contribution in [0, 0.1) is 5.82 Å². The summed E-state index contributed by atoms with van der Waals surface area (Å²) in [6.07, 6.45) is 0.896. The van der Waals surface area contributed by atoms with E-state index in [0.717, 1.165) is 36.0 Å². The Kier molecular flexibility index (Phi) is 13.6. The van der Waals surface area contributed by atoms with Gasteiger partial charge in [-0.15, -0.1) is 0 Å². The van der Waals surface area contributed by atoms with E-state index >= 15 is 0 Å². The molecule has 310 valence electrons. The number of aliphatic hydroxyl groups excluding tert-OH is 2. The maximum Gasteiger partial charge on any atom is 0.169 e. The zero-order chi connectivity index (χ0) is 41.3. The molecule has 8 nitrogen and oxygen atoms in total. The van der Waals surface area contributed by atoms with Crippen molar-refractivity contribution in [2.45, 2.75) is 87.6 Å². The molecule has 2 fully saturated rings. The van der Waals surface area contributed by atoms with Gasteiger partial charge in [-0.1, -0.05) is 103 Å². The molecular formula is C50H50ClFN2O6. The summed E-state index contributed by atoms with van der Waals surface area (Å²) in [5.74, 6) is 2.25. The van der Waals surface area contributed by atoms with E-state index in [1.165, 1.54) is 12.1 Å². The van der Waals surface area contributed by atoms with Gasteiger partial charge in [0.05, 0.1) is 0 Å². The maximum absolute atomic E-state index is 14.0. The predicted molar refractivity (Wildman–Crippen MR) is 232 cm³/mol. The van der Waals surface area contributed by atoms with Crippen molar-refractivity contribution in [1.82, 2.24) is 10.6 Å². The molecule has 0 radical (unpaired) electrons. The Morgan fingerprint density at radius 2 is 1.10 bits per heavy atom. The first-order chi connectivity index (χ1) is 29.4. The van der Waals surface area contributed by atoms with Crippen LogP contribution in [0.1, 0.15) is 54.7 Å². The molecular weight excluding hydrogens is 779 g/mol. The predicted octanol–water partition coefficient (Wildman–Crippen LogP) is 10.4. The minimum absolute atomic E-state index is 0.0990. The third kappa shape index (κ3) is 10.5. The van der Waals surface area contributed by atoms with Gasteiger partial charge in [-0.3, -0.25) is 0 Å².